The molecular weight excluding hydrogens is 208 g/mol. The van der Waals surface area contributed by atoms with Crippen LogP contribution in [0.1, 0.15) is 33.1 Å². The fourth-order valence-electron chi connectivity index (χ4n) is 1.87. The van der Waals surface area contributed by atoms with Crippen LogP contribution in [0.4, 0.5) is 0 Å². The molecular formula is C12H24O2S. The van der Waals surface area contributed by atoms with Gasteiger partial charge in [0.25, 0.3) is 0 Å². The lowest BCUT2D eigenvalue weighted by Crippen LogP contribution is -2.22. The molecule has 1 unspecified atom stereocenters. The van der Waals surface area contributed by atoms with Crippen molar-refractivity contribution in [3.63, 3.8) is 0 Å². The van der Waals surface area contributed by atoms with Crippen molar-refractivity contribution < 1.29 is 9.84 Å². The van der Waals surface area contributed by atoms with Crippen LogP contribution in [0.2, 0.25) is 0 Å². The Morgan fingerprint density at radius 1 is 1.27 bits per heavy atom. The summed E-state index contributed by atoms with van der Waals surface area (Å²) in [6.45, 7) is 6.21. The van der Waals surface area contributed by atoms with Gasteiger partial charge in [0.15, 0.2) is 0 Å². The third-order valence-electron chi connectivity index (χ3n) is 2.71. The number of rotatable bonds is 6. The zero-order valence-electron chi connectivity index (χ0n) is 9.95. The Morgan fingerprint density at radius 2 is 1.93 bits per heavy atom. The van der Waals surface area contributed by atoms with Crippen molar-refractivity contribution in [3.05, 3.63) is 0 Å². The molecule has 0 aromatic rings. The lowest BCUT2D eigenvalue weighted by Gasteiger charge is -2.24. The fraction of sp³-hybridized carbons (Fsp3) is 1.00. The van der Waals surface area contributed by atoms with E-state index in [1.807, 2.05) is 11.8 Å². The molecule has 0 spiro atoms. The van der Waals surface area contributed by atoms with Crippen molar-refractivity contribution in [1.29, 1.82) is 0 Å². The van der Waals surface area contributed by atoms with Crippen LogP contribution in [0.3, 0.4) is 0 Å². The first-order valence-electron chi connectivity index (χ1n) is 6.02. The quantitative estimate of drug-likeness (QED) is 0.763. The summed E-state index contributed by atoms with van der Waals surface area (Å²) in [5, 5.41) is 9.85. The van der Waals surface area contributed by atoms with Crippen LogP contribution in [0.15, 0.2) is 0 Å². The smallest absolute Gasteiger partial charge is 0.0633 e. The van der Waals surface area contributed by atoms with E-state index < -0.39 is 0 Å². The monoisotopic (exact) mass is 232 g/mol. The van der Waals surface area contributed by atoms with Gasteiger partial charge in [-0.1, -0.05) is 13.8 Å². The molecule has 0 aromatic carbocycles. The second-order valence-electron chi connectivity index (χ2n) is 4.88. The molecule has 15 heavy (non-hydrogen) atoms. The highest BCUT2D eigenvalue weighted by Crippen LogP contribution is 2.22. The van der Waals surface area contributed by atoms with Gasteiger partial charge in [0.05, 0.1) is 6.10 Å². The standard InChI is InChI=1S/C12H24O2S/c1-10(2)8-15-9-12(13)7-11-3-5-14-6-4-11/h10-13H,3-9H2,1-2H3. The molecule has 90 valence electrons. The SMILES string of the molecule is CC(C)CSCC(O)CC1CCOCC1. The van der Waals surface area contributed by atoms with E-state index in [2.05, 4.69) is 13.8 Å². The minimum atomic E-state index is -0.114. The first kappa shape index (κ1) is 13.3. The van der Waals surface area contributed by atoms with Gasteiger partial charge in [-0.25, -0.2) is 0 Å². The third kappa shape index (κ3) is 6.44. The molecule has 3 heteroatoms. The van der Waals surface area contributed by atoms with Crippen LogP contribution in [-0.4, -0.2) is 35.9 Å². The Hall–Kier alpha value is 0.270. The van der Waals surface area contributed by atoms with Crippen molar-refractivity contribution in [2.75, 3.05) is 24.7 Å². The van der Waals surface area contributed by atoms with Crippen LogP contribution < -0.4 is 0 Å². The maximum absolute atomic E-state index is 9.85. The largest absolute Gasteiger partial charge is 0.392 e. The predicted molar refractivity (Wildman–Crippen MR) is 66.3 cm³/mol. The highest BCUT2D eigenvalue weighted by Gasteiger charge is 2.17. The average Bonchev–Trinajstić information content (AvgIpc) is 2.18. The van der Waals surface area contributed by atoms with Gasteiger partial charge in [0, 0.05) is 19.0 Å². The normalized spacial score (nSPS) is 20.8. The second kappa shape index (κ2) is 7.53. The van der Waals surface area contributed by atoms with Crippen molar-refractivity contribution in [1.82, 2.24) is 0 Å². The number of hydrogen-bond donors (Lipinski definition) is 1. The summed E-state index contributed by atoms with van der Waals surface area (Å²) in [7, 11) is 0. The second-order valence-corrected chi connectivity index (χ2v) is 5.95. The van der Waals surface area contributed by atoms with Gasteiger partial charge in [-0.2, -0.15) is 11.8 Å². The number of hydrogen-bond acceptors (Lipinski definition) is 3. The van der Waals surface area contributed by atoms with E-state index in [1.165, 1.54) is 0 Å². The van der Waals surface area contributed by atoms with Crippen LogP contribution in [0.5, 0.6) is 0 Å². The van der Waals surface area contributed by atoms with Gasteiger partial charge in [-0.3, -0.25) is 0 Å². The fourth-order valence-corrected chi connectivity index (χ4v) is 2.89. The Bertz CT molecular complexity index is 156. The molecule has 1 fully saturated rings. The molecule has 1 saturated heterocycles. The van der Waals surface area contributed by atoms with E-state index in [4.69, 9.17) is 4.74 Å². The molecule has 1 heterocycles. The maximum atomic E-state index is 9.85. The van der Waals surface area contributed by atoms with Gasteiger partial charge < -0.3 is 9.84 Å². The number of aliphatic hydroxyl groups is 1. The van der Waals surface area contributed by atoms with Crippen LogP contribution in [0.25, 0.3) is 0 Å². The Kier molecular flexibility index (Phi) is 6.69. The van der Waals surface area contributed by atoms with Crippen LogP contribution in [-0.2, 0) is 4.74 Å². The lowest BCUT2D eigenvalue weighted by atomic mass is 9.94. The topological polar surface area (TPSA) is 29.5 Å². The lowest BCUT2D eigenvalue weighted by molar-refractivity contribution is 0.0478. The van der Waals surface area contributed by atoms with Gasteiger partial charge in [-0.05, 0) is 36.9 Å². The molecule has 1 aliphatic rings. The highest BCUT2D eigenvalue weighted by molar-refractivity contribution is 7.99. The minimum absolute atomic E-state index is 0.114. The Morgan fingerprint density at radius 3 is 2.53 bits per heavy atom. The molecule has 1 rings (SSSR count). The van der Waals surface area contributed by atoms with Crippen molar-refractivity contribution in [2.45, 2.75) is 39.2 Å². The van der Waals surface area contributed by atoms with Crippen molar-refractivity contribution in [2.24, 2.45) is 11.8 Å². The first-order chi connectivity index (χ1) is 7.18. The molecule has 0 bridgehead atoms. The van der Waals surface area contributed by atoms with Crippen molar-refractivity contribution in [3.8, 4) is 0 Å². The summed E-state index contributed by atoms with van der Waals surface area (Å²) in [5.41, 5.74) is 0. The van der Waals surface area contributed by atoms with E-state index in [0.717, 1.165) is 49.9 Å². The number of thioether (sulfide) groups is 1. The van der Waals surface area contributed by atoms with Gasteiger partial charge >= 0.3 is 0 Å². The van der Waals surface area contributed by atoms with E-state index in [-0.39, 0.29) is 6.10 Å². The Labute approximate surface area is 97.8 Å². The molecule has 1 atom stereocenters. The molecule has 0 saturated carbocycles. The molecule has 0 aliphatic carbocycles. The number of ether oxygens (including phenoxy) is 1. The third-order valence-corrected chi connectivity index (χ3v) is 4.23. The zero-order valence-corrected chi connectivity index (χ0v) is 10.8. The molecule has 0 amide bonds. The highest BCUT2D eigenvalue weighted by atomic mass is 32.2. The molecule has 0 radical (unpaired) electrons. The van der Waals surface area contributed by atoms with Gasteiger partial charge in [0.2, 0.25) is 0 Å². The average molecular weight is 232 g/mol. The predicted octanol–water partition coefficient (Wildman–Crippen LogP) is 2.55. The van der Waals surface area contributed by atoms with Crippen molar-refractivity contribution >= 4 is 11.8 Å². The first-order valence-corrected chi connectivity index (χ1v) is 7.17. The van der Waals surface area contributed by atoms with E-state index in [0.29, 0.717) is 5.92 Å². The van der Waals surface area contributed by atoms with Crippen LogP contribution in [0, 0.1) is 11.8 Å². The summed E-state index contributed by atoms with van der Waals surface area (Å²) in [6.07, 6.45) is 3.11. The molecule has 0 aromatic heterocycles. The summed E-state index contributed by atoms with van der Waals surface area (Å²) in [5.74, 6) is 3.47. The molecule has 2 nitrogen and oxygen atoms in total. The Balaban J connectivity index is 2.03. The summed E-state index contributed by atoms with van der Waals surface area (Å²) in [6, 6.07) is 0. The molecule has 1 N–H and O–H groups in total. The maximum Gasteiger partial charge on any atom is 0.0633 e. The van der Waals surface area contributed by atoms with E-state index in [9.17, 15) is 5.11 Å². The summed E-state index contributed by atoms with van der Waals surface area (Å²) < 4.78 is 5.31. The summed E-state index contributed by atoms with van der Waals surface area (Å²) in [4.78, 5) is 0. The zero-order chi connectivity index (χ0) is 11.1. The summed E-state index contributed by atoms with van der Waals surface area (Å²) >= 11 is 1.88. The van der Waals surface area contributed by atoms with E-state index in [1.54, 1.807) is 0 Å². The minimum Gasteiger partial charge on any atom is -0.392 e. The number of aliphatic hydroxyl groups excluding tert-OH is 1. The van der Waals surface area contributed by atoms with Crippen LogP contribution >= 0.6 is 11.8 Å². The molecule has 1 aliphatic heterocycles. The van der Waals surface area contributed by atoms with Gasteiger partial charge in [-0.15, -0.1) is 0 Å². The van der Waals surface area contributed by atoms with E-state index >= 15 is 0 Å². The van der Waals surface area contributed by atoms with Gasteiger partial charge in [0.1, 0.15) is 0 Å².